The fraction of sp³-hybridized carbons (Fsp3) is 0.538. The highest BCUT2D eigenvalue weighted by Crippen LogP contribution is 2.19. The van der Waals surface area contributed by atoms with E-state index < -0.39 is 12.0 Å². The van der Waals surface area contributed by atoms with Crippen LogP contribution in [0.5, 0.6) is 0 Å². The molecule has 5 nitrogen and oxygen atoms in total. The summed E-state index contributed by atoms with van der Waals surface area (Å²) in [4.78, 5) is 23.3. The molecule has 106 valence electrons. The summed E-state index contributed by atoms with van der Waals surface area (Å²) in [6, 6.07) is 0.922. The first kappa shape index (κ1) is 15.8. The standard InChI is InChI=1S/C13H19BrN2O3/c1-7(2)11(13(18)19)15-12(17)10-5-9(14)6-16(10)8(3)4/h5-8,11H,1-4H3,(H,15,17)(H,18,19)/t11-/m0/s1. The molecule has 1 aromatic rings. The molecule has 1 heterocycles. The summed E-state index contributed by atoms with van der Waals surface area (Å²) >= 11 is 3.33. The molecule has 0 aliphatic carbocycles. The molecular weight excluding hydrogens is 312 g/mol. The zero-order chi connectivity index (χ0) is 14.7. The van der Waals surface area contributed by atoms with E-state index in [1.807, 2.05) is 20.0 Å². The van der Waals surface area contributed by atoms with E-state index in [9.17, 15) is 9.59 Å². The Morgan fingerprint density at radius 1 is 1.32 bits per heavy atom. The average molecular weight is 331 g/mol. The number of hydrogen-bond donors (Lipinski definition) is 2. The number of carbonyl (C=O) groups excluding carboxylic acids is 1. The minimum absolute atomic E-state index is 0.120. The molecule has 6 heteroatoms. The van der Waals surface area contributed by atoms with E-state index in [-0.39, 0.29) is 17.9 Å². The number of nitrogens with zero attached hydrogens (tertiary/aromatic N) is 1. The summed E-state index contributed by atoms with van der Waals surface area (Å²) in [6.45, 7) is 7.44. The molecule has 0 fully saturated rings. The molecule has 0 unspecified atom stereocenters. The molecule has 1 atom stereocenters. The smallest absolute Gasteiger partial charge is 0.326 e. The predicted octanol–water partition coefficient (Wildman–Crippen LogP) is 2.67. The molecule has 19 heavy (non-hydrogen) atoms. The second kappa shape index (κ2) is 6.23. The largest absolute Gasteiger partial charge is 0.480 e. The number of amides is 1. The third-order valence-corrected chi connectivity index (χ3v) is 3.26. The Balaban J connectivity index is 2.98. The van der Waals surface area contributed by atoms with Crippen LogP contribution in [0.3, 0.4) is 0 Å². The van der Waals surface area contributed by atoms with Gasteiger partial charge < -0.3 is 15.0 Å². The minimum Gasteiger partial charge on any atom is -0.480 e. The molecule has 0 bridgehead atoms. The normalized spacial score (nSPS) is 12.8. The number of halogens is 1. The van der Waals surface area contributed by atoms with Crippen molar-refractivity contribution in [1.82, 2.24) is 9.88 Å². The lowest BCUT2D eigenvalue weighted by molar-refractivity contribution is -0.140. The topological polar surface area (TPSA) is 71.3 Å². The summed E-state index contributed by atoms with van der Waals surface area (Å²) in [5, 5.41) is 11.7. The van der Waals surface area contributed by atoms with Crippen LogP contribution >= 0.6 is 15.9 Å². The van der Waals surface area contributed by atoms with Gasteiger partial charge in [0.15, 0.2) is 0 Å². The first-order valence-corrected chi connectivity index (χ1v) is 6.94. The Morgan fingerprint density at radius 3 is 2.32 bits per heavy atom. The van der Waals surface area contributed by atoms with E-state index in [4.69, 9.17) is 5.11 Å². The molecule has 1 amide bonds. The molecule has 0 aliphatic rings. The van der Waals surface area contributed by atoms with Gasteiger partial charge in [-0.05, 0) is 41.8 Å². The van der Waals surface area contributed by atoms with Gasteiger partial charge in [0.1, 0.15) is 11.7 Å². The van der Waals surface area contributed by atoms with Crippen molar-refractivity contribution in [3.63, 3.8) is 0 Å². The molecule has 2 N–H and O–H groups in total. The minimum atomic E-state index is -1.02. The number of hydrogen-bond acceptors (Lipinski definition) is 2. The van der Waals surface area contributed by atoms with Crippen molar-refractivity contribution in [3.8, 4) is 0 Å². The van der Waals surface area contributed by atoms with Crippen LogP contribution in [0.4, 0.5) is 0 Å². The van der Waals surface area contributed by atoms with Crippen LogP contribution in [0.1, 0.15) is 44.2 Å². The highest BCUT2D eigenvalue weighted by molar-refractivity contribution is 9.10. The molecular formula is C13H19BrN2O3. The molecule has 1 aromatic heterocycles. The van der Waals surface area contributed by atoms with Crippen LogP contribution < -0.4 is 5.32 Å². The molecule has 0 aliphatic heterocycles. The van der Waals surface area contributed by atoms with Gasteiger partial charge in [-0.15, -0.1) is 0 Å². The van der Waals surface area contributed by atoms with Gasteiger partial charge in [-0.3, -0.25) is 4.79 Å². The van der Waals surface area contributed by atoms with Crippen LogP contribution in [-0.2, 0) is 4.79 Å². The van der Waals surface area contributed by atoms with Crippen LogP contribution in [0, 0.1) is 5.92 Å². The first-order valence-electron chi connectivity index (χ1n) is 6.15. The van der Waals surface area contributed by atoms with Crippen molar-refractivity contribution in [2.45, 2.75) is 39.8 Å². The number of aliphatic carboxylic acids is 1. The van der Waals surface area contributed by atoms with E-state index in [0.29, 0.717) is 5.69 Å². The van der Waals surface area contributed by atoms with Crippen molar-refractivity contribution in [2.75, 3.05) is 0 Å². The number of carbonyl (C=O) groups is 2. The Kier molecular flexibility index (Phi) is 5.17. The Hall–Kier alpha value is -1.30. The van der Waals surface area contributed by atoms with Gasteiger partial charge in [-0.25, -0.2) is 4.79 Å². The van der Waals surface area contributed by atoms with E-state index >= 15 is 0 Å². The van der Waals surface area contributed by atoms with Crippen molar-refractivity contribution in [2.24, 2.45) is 5.92 Å². The molecule has 0 saturated carbocycles. The third-order valence-electron chi connectivity index (χ3n) is 2.82. The predicted molar refractivity (Wildman–Crippen MR) is 76.2 cm³/mol. The number of carboxylic acids is 1. The van der Waals surface area contributed by atoms with Gasteiger partial charge in [0, 0.05) is 16.7 Å². The lowest BCUT2D eigenvalue weighted by Gasteiger charge is -2.19. The quantitative estimate of drug-likeness (QED) is 0.871. The van der Waals surface area contributed by atoms with Crippen LogP contribution in [0.2, 0.25) is 0 Å². The first-order chi connectivity index (χ1) is 8.73. The number of carboxylic acid groups (broad SMARTS) is 1. The fourth-order valence-electron chi connectivity index (χ4n) is 1.78. The lowest BCUT2D eigenvalue weighted by Crippen LogP contribution is -2.44. The van der Waals surface area contributed by atoms with Crippen LogP contribution in [0.15, 0.2) is 16.7 Å². The molecule has 0 spiro atoms. The number of nitrogens with one attached hydrogen (secondary N) is 1. The summed E-state index contributed by atoms with van der Waals surface area (Å²) in [5.41, 5.74) is 0.453. The molecule has 0 saturated heterocycles. The van der Waals surface area contributed by atoms with Crippen molar-refractivity contribution >= 4 is 27.8 Å². The van der Waals surface area contributed by atoms with Crippen LogP contribution in [0.25, 0.3) is 0 Å². The van der Waals surface area contributed by atoms with Crippen molar-refractivity contribution < 1.29 is 14.7 Å². The van der Waals surface area contributed by atoms with Gasteiger partial charge in [-0.2, -0.15) is 0 Å². The van der Waals surface area contributed by atoms with Gasteiger partial charge in [-0.1, -0.05) is 13.8 Å². The summed E-state index contributed by atoms with van der Waals surface area (Å²) < 4.78 is 2.60. The van der Waals surface area contributed by atoms with E-state index in [2.05, 4.69) is 21.2 Å². The number of rotatable bonds is 5. The maximum absolute atomic E-state index is 12.2. The second-order valence-corrected chi connectivity index (χ2v) is 5.99. The van der Waals surface area contributed by atoms with Crippen molar-refractivity contribution in [3.05, 3.63) is 22.4 Å². The summed E-state index contributed by atoms with van der Waals surface area (Å²) in [7, 11) is 0. The maximum atomic E-state index is 12.2. The highest BCUT2D eigenvalue weighted by atomic mass is 79.9. The Labute approximate surface area is 121 Å². The van der Waals surface area contributed by atoms with Gasteiger partial charge in [0.05, 0.1) is 0 Å². The zero-order valence-electron chi connectivity index (χ0n) is 11.5. The zero-order valence-corrected chi connectivity index (χ0v) is 13.1. The van der Waals surface area contributed by atoms with E-state index in [0.717, 1.165) is 4.47 Å². The van der Waals surface area contributed by atoms with Gasteiger partial charge >= 0.3 is 5.97 Å². The average Bonchev–Trinajstić information content (AvgIpc) is 2.67. The Bertz CT molecular complexity index is 480. The summed E-state index contributed by atoms with van der Waals surface area (Å²) in [6.07, 6.45) is 1.81. The molecule has 1 rings (SSSR count). The van der Waals surface area contributed by atoms with E-state index in [1.165, 1.54) is 0 Å². The van der Waals surface area contributed by atoms with Crippen molar-refractivity contribution in [1.29, 1.82) is 0 Å². The maximum Gasteiger partial charge on any atom is 0.326 e. The number of aromatic nitrogens is 1. The highest BCUT2D eigenvalue weighted by Gasteiger charge is 2.25. The van der Waals surface area contributed by atoms with Gasteiger partial charge in [0.2, 0.25) is 0 Å². The lowest BCUT2D eigenvalue weighted by atomic mass is 10.0. The Morgan fingerprint density at radius 2 is 1.89 bits per heavy atom. The van der Waals surface area contributed by atoms with Crippen LogP contribution in [-0.4, -0.2) is 27.6 Å². The second-order valence-electron chi connectivity index (χ2n) is 5.08. The van der Waals surface area contributed by atoms with Gasteiger partial charge in [0.25, 0.3) is 5.91 Å². The summed E-state index contributed by atoms with van der Waals surface area (Å²) in [5.74, 6) is -1.57. The fourth-order valence-corrected chi connectivity index (χ4v) is 2.22. The monoisotopic (exact) mass is 330 g/mol. The SMILES string of the molecule is CC(C)[C@H](NC(=O)c1cc(Br)cn1C(C)C)C(=O)O. The molecule has 0 radical (unpaired) electrons. The van der Waals surface area contributed by atoms with E-state index in [1.54, 1.807) is 24.5 Å². The molecule has 0 aromatic carbocycles. The third kappa shape index (κ3) is 3.83.